The van der Waals surface area contributed by atoms with Crippen molar-refractivity contribution in [1.29, 1.82) is 0 Å². The molecular weight excluding hydrogens is 340 g/mol. The SMILES string of the molecule is O=C(Nc1nc(N2CCCCC2)n[nH]1)c1cccc2c3c([nH]c12)CCCC3. The summed E-state index contributed by atoms with van der Waals surface area (Å²) in [6.45, 7) is 1.94. The number of H-pyrrole nitrogens is 2. The number of carbonyl (C=O) groups excluding carboxylic acids is 1. The summed E-state index contributed by atoms with van der Waals surface area (Å²) in [4.78, 5) is 23.0. The fraction of sp³-hybridized carbons (Fsp3) is 0.450. The van der Waals surface area contributed by atoms with Crippen molar-refractivity contribution in [3.8, 4) is 0 Å². The van der Waals surface area contributed by atoms with Crippen molar-refractivity contribution in [2.75, 3.05) is 23.3 Å². The Balaban J connectivity index is 1.40. The number of para-hydroxylation sites is 1. The number of rotatable bonds is 3. The Bertz CT molecular complexity index is 982. The number of carbonyl (C=O) groups is 1. The van der Waals surface area contributed by atoms with Crippen LogP contribution in [0.5, 0.6) is 0 Å². The maximum Gasteiger partial charge on any atom is 0.260 e. The summed E-state index contributed by atoms with van der Waals surface area (Å²) in [5, 5.41) is 11.2. The minimum absolute atomic E-state index is 0.166. The number of hydrogen-bond acceptors (Lipinski definition) is 4. The average molecular weight is 364 g/mol. The lowest BCUT2D eigenvalue weighted by Gasteiger charge is -2.24. The molecule has 1 aromatic carbocycles. The molecule has 0 saturated carbocycles. The van der Waals surface area contributed by atoms with Gasteiger partial charge in [0, 0.05) is 24.2 Å². The average Bonchev–Trinajstić information content (AvgIpc) is 3.33. The highest BCUT2D eigenvalue weighted by atomic mass is 16.1. The molecular formula is C20H24N6O. The van der Waals surface area contributed by atoms with Crippen molar-refractivity contribution < 1.29 is 4.79 Å². The highest BCUT2D eigenvalue weighted by molar-refractivity contribution is 6.12. The molecule has 1 amide bonds. The van der Waals surface area contributed by atoms with Crippen LogP contribution in [0.2, 0.25) is 0 Å². The molecule has 7 heteroatoms. The summed E-state index contributed by atoms with van der Waals surface area (Å²) in [6.07, 6.45) is 8.15. The van der Waals surface area contributed by atoms with E-state index in [2.05, 4.69) is 36.4 Å². The zero-order valence-corrected chi connectivity index (χ0v) is 15.3. The first kappa shape index (κ1) is 16.4. The van der Waals surface area contributed by atoms with Crippen molar-refractivity contribution in [3.05, 3.63) is 35.0 Å². The Morgan fingerprint density at radius 2 is 1.93 bits per heavy atom. The molecule has 3 N–H and O–H groups in total. The van der Waals surface area contributed by atoms with Crippen molar-refractivity contribution in [1.82, 2.24) is 20.2 Å². The van der Waals surface area contributed by atoms with E-state index in [0.717, 1.165) is 44.3 Å². The van der Waals surface area contributed by atoms with Crippen LogP contribution in [0.1, 0.15) is 53.7 Å². The monoisotopic (exact) mass is 364 g/mol. The molecule has 0 radical (unpaired) electrons. The third-order valence-electron chi connectivity index (χ3n) is 5.72. The van der Waals surface area contributed by atoms with Crippen molar-refractivity contribution in [3.63, 3.8) is 0 Å². The standard InChI is InChI=1S/C20H24N6O/c27-18(22-19-23-20(25-24-19)26-11-4-1-5-12-26)15-9-6-8-14-13-7-2-3-10-16(13)21-17(14)15/h6,8-9,21H,1-5,7,10-12H2,(H2,22,23,24,25,27). The second kappa shape index (κ2) is 6.72. The van der Waals surface area contributed by atoms with Crippen LogP contribution in [-0.2, 0) is 12.8 Å². The summed E-state index contributed by atoms with van der Waals surface area (Å²) in [6, 6.07) is 5.93. The van der Waals surface area contributed by atoms with E-state index in [1.54, 1.807) is 0 Å². The van der Waals surface area contributed by atoms with Gasteiger partial charge in [0.25, 0.3) is 5.91 Å². The van der Waals surface area contributed by atoms with Crippen LogP contribution in [0, 0.1) is 0 Å². The summed E-state index contributed by atoms with van der Waals surface area (Å²) >= 11 is 0. The lowest BCUT2D eigenvalue weighted by Crippen LogP contribution is -2.30. The van der Waals surface area contributed by atoms with Gasteiger partial charge >= 0.3 is 0 Å². The third kappa shape index (κ3) is 2.97. The zero-order chi connectivity index (χ0) is 18.2. The predicted octanol–water partition coefficient (Wildman–Crippen LogP) is 3.41. The van der Waals surface area contributed by atoms with Gasteiger partial charge in [-0.1, -0.05) is 12.1 Å². The van der Waals surface area contributed by atoms with Gasteiger partial charge in [-0.2, -0.15) is 4.98 Å². The molecule has 1 fully saturated rings. The summed E-state index contributed by atoms with van der Waals surface area (Å²) in [5.41, 5.74) is 4.23. The van der Waals surface area contributed by atoms with Crippen molar-refractivity contribution in [2.45, 2.75) is 44.9 Å². The minimum atomic E-state index is -0.166. The predicted molar refractivity (Wildman–Crippen MR) is 105 cm³/mol. The lowest BCUT2D eigenvalue weighted by molar-refractivity contribution is 0.102. The molecule has 27 heavy (non-hydrogen) atoms. The van der Waals surface area contributed by atoms with Crippen LogP contribution < -0.4 is 10.2 Å². The fourth-order valence-electron chi connectivity index (χ4n) is 4.34. The number of hydrogen-bond donors (Lipinski definition) is 3. The molecule has 2 aromatic heterocycles. The van der Waals surface area contributed by atoms with Gasteiger partial charge in [-0.25, -0.2) is 5.10 Å². The Morgan fingerprint density at radius 3 is 2.81 bits per heavy atom. The number of piperidine rings is 1. The van der Waals surface area contributed by atoms with Crippen LogP contribution in [0.15, 0.2) is 18.2 Å². The molecule has 140 valence electrons. The number of nitrogens with one attached hydrogen (secondary N) is 3. The molecule has 1 aliphatic carbocycles. The van der Waals surface area contributed by atoms with Crippen LogP contribution in [0.25, 0.3) is 10.9 Å². The maximum atomic E-state index is 12.9. The highest BCUT2D eigenvalue weighted by Gasteiger charge is 2.21. The van der Waals surface area contributed by atoms with Gasteiger partial charge in [0.05, 0.1) is 11.1 Å². The van der Waals surface area contributed by atoms with Crippen LogP contribution >= 0.6 is 0 Å². The van der Waals surface area contributed by atoms with Crippen LogP contribution in [-0.4, -0.2) is 39.2 Å². The summed E-state index contributed by atoms with van der Waals surface area (Å²) in [7, 11) is 0. The van der Waals surface area contributed by atoms with E-state index in [-0.39, 0.29) is 5.91 Å². The molecule has 0 atom stereocenters. The van der Waals surface area contributed by atoms with Gasteiger partial charge in [0.1, 0.15) is 0 Å². The Morgan fingerprint density at radius 1 is 1.07 bits per heavy atom. The van der Waals surface area contributed by atoms with E-state index in [4.69, 9.17) is 0 Å². The first-order chi connectivity index (χ1) is 13.3. The van der Waals surface area contributed by atoms with E-state index >= 15 is 0 Å². The normalized spacial score (nSPS) is 17.1. The minimum Gasteiger partial charge on any atom is -0.358 e. The van der Waals surface area contributed by atoms with Crippen LogP contribution in [0.3, 0.4) is 0 Å². The molecule has 0 unspecified atom stereocenters. The lowest BCUT2D eigenvalue weighted by atomic mass is 9.95. The smallest absolute Gasteiger partial charge is 0.260 e. The first-order valence-electron chi connectivity index (χ1n) is 9.91. The molecule has 1 saturated heterocycles. The fourth-order valence-corrected chi connectivity index (χ4v) is 4.34. The second-order valence-corrected chi connectivity index (χ2v) is 7.50. The Hall–Kier alpha value is -2.83. The molecule has 0 spiro atoms. The number of amides is 1. The van der Waals surface area contributed by atoms with Crippen molar-refractivity contribution in [2.24, 2.45) is 0 Å². The highest BCUT2D eigenvalue weighted by Crippen LogP contribution is 2.31. The molecule has 0 bridgehead atoms. The van der Waals surface area contributed by atoms with E-state index in [1.165, 1.54) is 35.9 Å². The summed E-state index contributed by atoms with van der Waals surface area (Å²) in [5.74, 6) is 0.896. The number of aryl methyl sites for hydroxylation is 2. The van der Waals surface area contributed by atoms with Crippen LogP contribution in [0.4, 0.5) is 11.9 Å². The van der Waals surface area contributed by atoms with Gasteiger partial charge in [0.2, 0.25) is 11.9 Å². The number of anilines is 2. The van der Waals surface area contributed by atoms with Gasteiger partial charge in [-0.05, 0) is 56.6 Å². The second-order valence-electron chi connectivity index (χ2n) is 7.50. The van der Waals surface area contributed by atoms with Gasteiger partial charge in [-0.3, -0.25) is 10.1 Å². The molecule has 3 aromatic rings. The van der Waals surface area contributed by atoms with E-state index in [1.807, 2.05) is 12.1 Å². The molecule has 7 nitrogen and oxygen atoms in total. The van der Waals surface area contributed by atoms with Gasteiger partial charge in [0.15, 0.2) is 0 Å². The quantitative estimate of drug-likeness (QED) is 0.664. The topological polar surface area (TPSA) is 89.7 Å². The van der Waals surface area contributed by atoms with E-state index < -0.39 is 0 Å². The zero-order valence-electron chi connectivity index (χ0n) is 15.3. The van der Waals surface area contributed by atoms with E-state index in [9.17, 15) is 4.79 Å². The summed E-state index contributed by atoms with van der Waals surface area (Å²) < 4.78 is 0. The maximum absolute atomic E-state index is 12.9. The van der Waals surface area contributed by atoms with Gasteiger partial charge < -0.3 is 9.88 Å². The van der Waals surface area contributed by atoms with Crippen molar-refractivity contribution >= 4 is 28.7 Å². The first-order valence-corrected chi connectivity index (χ1v) is 9.91. The number of nitrogens with zero attached hydrogens (tertiary/aromatic N) is 3. The van der Waals surface area contributed by atoms with Gasteiger partial charge in [-0.15, -0.1) is 5.10 Å². The van der Waals surface area contributed by atoms with E-state index in [0.29, 0.717) is 17.5 Å². The number of fused-ring (bicyclic) bond motifs is 3. The molecule has 2 aliphatic rings. The largest absolute Gasteiger partial charge is 0.358 e. The molecule has 3 heterocycles. The molecule has 5 rings (SSSR count). The third-order valence-corrected chi connectivity index (χ3v) is 5.72. The number of benzene rings is 1. The number of aromatic nitrogens is 4. The number of aromatic amines is 2. The molecule has 1 aliphatic heterocycles. The Labute approximate surface area is 157 Å². The Kier molecular flexibility index (Phi) is 4.07.